The van der Waals surface area contributed by atoms with E-state index in [1.165, 1.54) is 6.42 Å². The maximum Gasteiger partial charge on any atom is 0.255 e. The monoisotopic (exact) mass is 362 g/mol. The third-order valence-electron chi connectivity index (χ3n) is 4.95. The number of aromatic amines is 1. The number of aromatic nitrogens is 1. The summed E-state index contributed by atoms with van der Waals surface area (Å²) in [7, 11) is 0. The summed E-state index contributed by atoms with van der Waals surface area (Å²) in [5.74, 6) is 1.42. The molecule has 0 aliphatic heterocycles. The first-order valence-corrected chi connectivity index (χ1v) is 9.61. The van der Waals surface area contributed by atoms with Crippen LogP contribution < -0.4 is 15.6 Å². The maximum atomic E-state index is 11.8. The zero-order valence-corrected chi connectivity index (χ0v) is 15.7. The number of H-pyrrole nitrogens is 1. The number of benzene rings is 1. The van der Waals surface area contributed by atoms with Crippen molar-refractivity contribution in [3.05, 3.63) is 39.8 Å². The predicted molar refractivity (Wildman–Crippen MR) is 104 cm³/mol. The van der Waals surface area contributed by atoms with E-state index in [2.05, 4.69) is 24.1 Å². The lowest BCUT2D eigenvalue weighted by Gasteiger charge is -2.30. The van der Waals surface area contributed by atoms with Gasteiger partial charge in [0.05, 0.1) is 11.1 Å². The van der Waals surface area contributed by atoms with Crippen molar-refractivity contribution in [3.63, 3.8) is 0 Å². The molecule has 4 nitrogen and oxygen atoms in total. The smallest absolute Gasteiger partial charge is 0.255 e. The molecule has 0 bridgehead atoms. The number of rotatable bonds is 6. The van der Waals surface area contributed by atoms with E-state index in [0.717, 1.165) is 43.5 Å². The largest absolute Gasteiger partial charge is 0.489 e. The first-order chi connectivity index (χ1) is 12.0. The van der Waals surface area contributed by atoms with Gasteiger partial charge < -0.3 is 15.0 Å². The number of pyridine rings is 1. The number of hydrogen-bond acceptors (Lipinski definition) is 3. The Labute approximate surface area is 153 Å². The van der Waals surface area contributed by atoms with E-state index >= 15 is 0 Å². The molecule has 25 heavy (non-hydrogen) atoms. The molecule has 2 aromatic rings. The van der Waals surface area contributed by atoms with Gasteiger partial charge in [-0.1, -0.05) is 25.4 Å². The molecule has 3 rings (SSSR count). The third kappa shape index (κ3) is 4.77. The van der Waals surface area contributed by atoms with Crippen molar-refractivity contribution < 1.29 is 4.74 Å². The molecule has 1 aliphatic rings. The van der Waals surface area contributed by atoms with Crippen LogP contribution in [0.3, 0.4) is 0 Å². The molecule has 5 heteroatoms. The number of hydrogen-bond donors (Lipinski definition) is 2. The fourth-order valence-corrected chi connectivity index (χ4v) is 3.63. The first kappa shape index (κ1) is 18.3. The van der Waals surface area contributed by atoms with E-state index in [1.807, 2.05) is 12.1 Å². The molecule has 1 aliphatic carbocycles. The van der Waals surface area contributed by atoms with Gasteiger partial charge in [-0.2, -0.15) is 0 Å². The Bertz CT molecular complexity index is 764. The fourth-order valence-electron chi connectivity index (χ4n) is 3.42. The van der Waals surface area contributed by atoms with Crippen LogP contribution in [0.5, 0.6) is 5.75 Å². The highest BCUT2D eigenvalue weighted by Gasteiger charge is 2.23. The van der Waals surface area contributed by atoms with Crippen LogP contribution in [-0.4, -0.2) is 23.7 Å². The van der Waals surface area contributed by atoms with Crippen LogP contribution in [0.15, 0.2) is 29.2 Å². The lowest BCUT2D eigenvalue weighted by molar-refractivity contribution is 0.139. The SMILES string of the molecule is CC(C)CCNC1CCC(Oc2cc3cc[nH]c(=O)c3cc2Cl)CC1. The maximum absolute atomic E-state index is 11.8. The van der Waals surface area contributed by atoms with Gasteiger partial charge in [-0.15, -0.1) is 0 Å². The molecule has 1 fully saturated rings. The summed E-state index contributed by atoms with van der Waals surface area (Å²) in [6.45, 7) is 5.61. The van der Waals surface area contributed by atoms with Crippen molar-refractivity contribution in [2.24, 2.45) is 5.92 Å². The van der Waals surface area contributed by atoms with E-state index in [0.29, 0.717) is 22.2 Å². The van der Waals surface area contributed by atoms with E-state index in [1.54, 1.807) is 12.3 Å². The molecular formula is C20H27ClN2O2. The first-order valence-electron chi connectivity index (χ1n) is 9.24. The minimum absolute atomic E-state index is 0.126. The minimum Gasteiger partial charge on any atom is -0.489 e. The summed E-state index contributed by atoms with van der Waals surface area (Å²) in [6, 6.07) is 6.05. The molecule has 136 valence electrons. The van der Waals surface area contributed by atoms with Gasteiger partial charge in [0.25, 0.3) is 5.56 Å². The molecule has 0 unspecified atom stereocenters. The summed E-state index contributed by atoms with van der Waals surface area (Å²) >= 11 is 6.33. The van der Waals surface area contributed by atoms with Gasteiger partial charge in [0.2, 0.25) is 0 Å². The molecule has 0 atom stereocenters. The van der Waals surface area contributed by atoms with Gasteiger partial charge in [0, 0.05) is 17.6 Å². The van der Waals surface area contributed by atoms with Gasteiger partial charge in [-0.3, -0.25) is 4.79 Å². The van der Waals surface area contributed by atoms with Crippen molar-refractivity contribution >= 4 is 22.4 Å². The zero-order valence-electron chi connectivity index (χ0n) is 15.0. The average Bonchev–Trinajstić information content (AvgIpc) is 2.58. The Morgan fingerprint density at radius 1 is 1.28 bits per heavy atom. The van der Waals surface area contributed by atoms with Crippen LogP contribution in [0.25, 0.3) is 10.8 Å². The Morgan fingerprint density at radius 3 is 2.76 bits per heavy atom. The standard InChI is InChI=1S/C20H27ClN2O2/c1-13(2)7-9-22-15-3-5-16(6-4-15)25-19-11-14-8-10-23-20(24)17(14)12-18(19)21/h8,10-13,15-16,22H,3-7,9H2,1-2H3,(H,23,24). The van der Waals surface area contributed by atoms with E-state index in [4.69, 9.17) is 16.3 Å². The normalized spacial score (nSPS) is 21.0. The van der Waals surface area contributed by atoms with Crippen LogP contribution in [0, 0.1) is 5.92 Å². The Balaban J connectivity index is 1.58. The summed E-state index contributed by atoms with van der Waals surface area (Å²) < 4.78 is 6.15. The molecule has 0 amide bonds. The van der Waals surface area contributed by atoms with Crippen molar-refractivity contribution in [1.82, 2.24) is 10.3 Å². The number of ether oxygens (including phenoxy) is 1. The summed E-state index contributed by atoms with van der Waals surface area (Å²) in [5.41, 5.74) is -0.126. The molecule has 1 aromatic heterocycles. The highest BCUT2D eigenvalue weighted by atomic mass is 35.5. The van der Waals surface area contributed by atoms with Gasteiger partial charge in [0.1, 0.15) is 5.75 Å². The van der Waals surface area contributed by atoms with Crippen LogP contribution in [0.1, 0.15) is 46.0 Å². The predicted octanol–water partition coefficient (Wildman–Crippen LogP) is 4.51. The summed E-state index contributed by atoms with van der Waals surface area (Å²) in [4.78, 5) is 14.5. The number of nitrogens with one attached hydrogen (secondary N) is 2. The fraction of sp³-hybridized carbons (Fsp3) is 0.550. The zero-order chi connectivity index (χ0) is 17.8. The minimum atomic E-state index is -0.126. The Kier molecular flexibility index (Phi) is 6.02. The quantitative estimate of drug-likeness (QED) is 0.795. The molecule has 0 radical (unpaired) electrons. The number of halogens is 1. The Morgan fingerprint density at radius 2 is 2.04 bits per heavy atom. The molecule has 1 heterocycles. The lowest BCUT2D eigenvalue weighted by Crippen LogP contribution is -2.37. The molecule has 1 aromatic carbocycles. The van der Waals surface area contributed by atoms with Crippen LogP contribution >= 0.6 is 11.6 Å². The molecular weight excluding hydrogens is 336 g/mol. The number of fused-ring (bicyclic) bond motifs is 1. The van der Waals surface area contributed by atoms with Crippen LogP contribution in [0.2, 0.25) is 5.02 Å². The van der Waals surface area contributed by atoms with E-state index < -0.39 is 0 Å². The van der Waals surface area contributed by atoms with E-state index in [9.17, 15) is 4.79 Å². The van der Waals surface area contributed by atoms with Crippen LogP contribution in [0.4, 0.5) is 0 Å². The lowest BCUT2D eigenvalue weighted by atomic mass is 9.92. The third-order valence-corrected chi connectivity index (χ3v) is 5.24. The van der Waals surface area contributed by atoms with Crippen molar-refractivity contribution in [2.75, 3.05) is 6.54 Å². The van der Waals surface area contributed by atoms with Gasteiger partial charge in [-0.25, -0.2) is 0 Å². The Hall–Kier alpha value is -1.52. The van der Waals surface area contributed by atoms with Gasteiger partial charge in [-0.05, 0) is 68.2 Å². The second-order valence-electron chi connectivity index (χ2n) is 7.40. The van der Waals surface area contributed by atoms with Crippen molar-refractivity contribution in [3.8, 4) is 5.75 Å². The second kappa shape index (κ2) is 8.24. The second-order valence-corrected chi connectivity index (χ2v) is 7.81. The van der Waals surface area contributed by atoms with Crippen molar-refractivity contribution in [1.29, 1.82) is 0 Å². The topological polar surface area (TPSA) is 54.1 Å². The molecule has 0 saturated heterocycles. The highest BCUT2D eigenvalue weighted by Crippen LogP contribution is 2.32. The van der Waals surface area contributed by atoms with Crippen molar-refractivity contribution in [2.45, 2.75) is 58.1 Å². The molecule has 2 N–H and O–H groups in total. The summed E-state index contributed by atoms with van der Waals surface area (Å²) in [5, 5.41) is 5.61. The summed E-state index contributed by atoms with van der Waals surface area (Å²) in [6.07, 6.45) is 7.40. The molecule has 1 saturated carbocycles. The molecule has 0 spiro atoms. The van der Waals surface area contributed by atoms with Gasteiger partial charge in [0.15, 0.2) is 0 Å². The van der Waals surface area contributed by atoms with E-state index in [-0.39, 0.29) is 11.7 Å². The highest BCUT2D eigenvalue weighted by molar-refractivity contribution is 6.32. The average molecular weight is 363 g/mol. The van der Waals surface area contributed by atoms with Crippen LogP contribution in [-0.2, 0) is 0 Å². The van der Waals surface area contributed by atoms with Gasteiger partial charge >= 0.3 is 0 Å².